The minimum Gasteiger partial charge on any atom is -0.480 e. The lowest BCUT2D eigenvalue weighted by Crippen LogP contribution is -2.48. The highest BCUT2D eigenvalue weighted by Crippen LogP contribution is 1.94. The van der Waals surface area contributed by atoms with Crippen LogP contribution >= 0.6 is 0 Å². The number of nitrogens with one attached hydrogen (secondary N) is 3. The second-order valence-corrected chi connectivity index (χ2v) is 10.2. The third-order valence-corrected chi connectivity index (χ3v) is 5.78. The number of hydrogen-bond acceptors (Lipinski definition) is 10. The molecule has 0 aliphatic carbocycles. The highest BCUT2D eigenvalue weighted by Gasteiger charge is 2.21. The van der Waals surface area contributed by atoms with E-state index in [0.29, 0.717) is 0 Å². The van der Waals surface area contributed by atoms with Gasteiger partial charge in [0, 0.05) is 35.2 Å². The molecule has 0 saturated heterocycles. The number of aliphatic carboxylic acids is 1. The van der Waals surface area contributed by atoms with Crippen molar-refractivity contribution in [3.8, 4) is 0 Å². The smallest absolute Gasteiger partial charge is 0.322 e. The van der Waals surface area contributed by atoms with Gasteiger partial charge < -0.3 is 50.5 Å². The van der Waals surface area contributed by atoms with Gasteiger partial charge in [0.05, 0.1) is 52.4 Å². The van der Waals surface area contributed by atoms with Crippen LogP contribution in [0.3, 0.4) is 0 Å². The lowest BCUT2D eigenvalue weighted by molar-refractivity contribution is -0.141. The van der Waals surface area contributed by atoms with Crippen molar-refractivity contribution < 1.29 is 48.3 Å². The molecule has 4 N–H and O–H groups in total. The summed E-state index contributed by atoms with van der Waals surface area (Å²) in [4.78, 5) is 115. The summed E-state index contributed by atoms with van der Waals surface area (Å²) in [5.41, 5.74) is 0. The van der Waals surface area contributed by atoms with Gasteiger partial charge in [-0.25, -0.2) is 0 Å². The standard InChI is InChI=1S/C25H43N9O10/c1-29(2)14-22(40)30(3)11-17(35)26-8-20(38)33(6)15-23(41)31(4)12-18(36)27-9-21(39)34(7)16-24(42)32(5)13-19(37)28-10-25(43)44/h8-16H2,1-7H3,(H,26,35)(H,27,36)(H,28,37)(H,43,44). The lowest BCUT2D eigenvalue weighted by atomic mass is 10.4. The molecular formula is C25H43N9O10. The van der Waals surface area contributed by atoms with Crippen LogP contribution in [0.5, 0.6) is 0 Å². The van der Waals surface area contributed by atoms with Gasteiger partial charge >= 0.3 is 5.97 Å². The van der Waals surface area contributed by atoms with E-state index in [1.54, 1.807) is 19.0 Å². The third-order valence-electron chi connectivity index (χ3n) is 5.78. The second kappa shape index (κ2) is 19.4. The van der Waals surface area contributed by atoms with Crippen LogP contribution in [0, 0.1) is 0 Å². The van der Waals surface area contributed by atoms with E-state index in [9.17, 15) is 43.2 Å². The van der Waals surface area contributed by atoms with Gasteiger partial charge in [-0.2, -0.15) is 0 Å². The first-order valence-electron chi connectivity index (χ1n) is 13.2. The van der Waals surface area contributed by atoms with Gasteiger partial charge in [-0.1, -0.05) is 0 Å². The van der Waals surface area contributed by atoms with Crippen LogP contribution < -0.4 is 16.0 Å². The molecular weight excluding hydrogens is 586 g/mol. The summed E-state index contributed by atoms with van der Waals surface area (Å²) >= 11 is 0. The number of carboxylic acid groups (broad SMARTS) is 1. The number of carbonyl (C=O) groups is 9. The second-order valence-electron chi connectivity index (χ2n) is 10.2. The van der Waals surface area contributed by atoms with E-state index in [4.69, 9.17) is 5.11 Å². The zero-order valence-electron chi connectivity index (χ0n) is 26.2. The van der Waals surface area contributed by atoms with Crippen molar-refractivity contribution in [1.82, 2.24) is 45.3 Å². The van der Waals surface area contributed by atoms with E-state index < -0.39 is 93.1 Å². The molecule has 19 nitrogen and oxygen atoms in total. The number of hydrogen-bond donors (Lipinski definition) is 4. The minimum atomic E-state index is -1.24. The van der Waals surface area contributed by atoms with E-state index in [0.717, 1.165) is 19.6 Å². The van der Waals surface area contributed by atoms with Crippen molar-refractivity contribution in [2.24, 2.45) is 0 Å². The molecule has 44 heavy (non-hydrogen) atoms. The molecule has 0 bridgehead atoms. The SMILES string of the molecule is CN(C)CC(=O)N(C)CC(=O)NCC(=O)N(C)CC(=O)N(C)CC(=O)NCC(=O)N(C)CC(=O)N(C)CC(=O)NCC(=O)O. The molecule has 0 fully saturated rings. The van der Waals surface area contributed by atoms with E-state index in [1.807, 2.05) is 0 Å². The van der Waals surface area contributed by atoms with Gasteiger partial charge in [-0.05, 0) is 14.1 Å². The van der Waals surface area contributed by atoms with Crippen LogP contribution in [0.15, 0.2) is 0 Å². The highest BCUT2D eigenvalue weighted by atomic mass is 16.4. The topological polar surface area (TPSA) is 229 Å². The van der Waals surface area contributed by atoms with Gasteiger partial charge in [-0.15, -0.1) is 0 Å². The Morgan fingerprint density at radius 2 is 0.682 bits per heavy atom. The number of nitrogens with zero attached hydrogens (tertiary/aromatic N) is 6. The molecule has 0 aromatic rings. The van der Waals surface area contributed by atoms with Gasteiger partial charge in [0.25, 0.3) is 0 Å². The molecule has 0 atom stereocenters. The summed E-state index contributed by atoms with van der Waals surface area (Å²) in [6.07, 6.45) is 0. The first-order valence-corrected chi connectivity index (χ1v) is 13.2. The van der Waals surface area contributed by atoms with Crippen LogP contribution in [0.2, 0.25) is 0 Å². The van der Waals surface area contributed by atoms with Crippen molar-refractivity contribution in [3.05, 3.63) is 0 Å². The summed E-state index contributed by atoms with van der Waals surface area (Å²) in [6, 6.07) is 0. The fourth-order valence-electron chi connectivity index (χ4n) is 3.09. The first kappa shape index (κ1) is 39.2. The molecule has 0 radical (unpaired) electrons. The van der Waals surface area contributed by atoms with E-state index in [-0.39, 0.29) is 19.0 Å². The van der Waals surface area contributed by atoms with Crippen LogP contribution in [-0.4, -0.2) is 196 Å². The summed E-state index contributed by atoms with van der Waals surface area (Å²) in [7, 11) is 10.1. The molecule has 0 saturated carbocycles. The molecule has 0 spiro atoms. The predicted octanol–water partition coefficient (Wildman–Crippen LogP) is -5.73. The van der Waals surface area contributed by atoms with Crippen molar-refractivity contribution in [2.45, 2.75) is 0 Å². The first-order chi connectivity index (χ1) is 20.3. The predicted molar refractivity (Wildman–Crippen MR) is 153 cm³/mol. The summed E-state index contributed by atoms with van der Waals surface area (Å²) in [5, 5.41) is 15.4. The Balaban J connectivity index is 4.51. The Morgan fingerprint density at radius 3 is 0.977 bits per heavy atom. The van der Waals surface area contributed by atoms with Crippen LogP contribution in [0.1, 0.15) is 0 Å². The summed E-state index contributed by atoms with van der Waals surface area (Å²) in [5.74, 6) is -5.88. The molecule has 0 aromatic heterocycles. The Labute approximate surface area is 255 Å². The van der Waals surface area contributed by atoms with Crippen molar-refractivity contribution in [1.29, 1.82) is 0 Å². The van der Waals surface area contributed by atoms with Gasteiger partial charge in [0.2, 0.25) is 47.3 Å². The molecule has 19 heteroatoms. The average molecular weight is 630 g/mol. The molecule has 0 aliphatic rings. The van der Waals surface area contributed by atoms with Gasteiger partial charge in [0.15, 0.2) is 0 Å². The Bertz CT molecular complexity index is 1100. The number of amides is 8. The van der Waals surface area contributed by atoms with Crippen LogP contribution in [-0.2, 0) is 43.2 Å². The maximum Gasteiger partial charge on any atom is 0.322 e. The van der Waals surface area contributed by atoms with Crippen molar-refractivity contribution in [3.63, 3.8) is 0 Å². The zero-order chi connectivity index (χ0) is 34.1. The molecule has 0 aromatic carbocycles. The summed E-state index contributed by atoms with van der Waals surface area (Å²) in [6.45, 7) is -3.29. The molecule has 0 heterocycles. The quantitative estimate of drug-likeness (QED) is 0.112. The van der Waals surface area contributed by atoms with Crippen LogP contribution in [0.25, 0.3) is 0 Å². The Morgan fingerprint density at radius 1 is 0.409 bits per heavy atom. The normalized spacial score (nSPS) is 10.3. The van der Waals surface area contributed by atoms with E-state index in [1.165, 1.54) is 40.1 Å². The van der Waals surface area contributed by atoms with Crippen LogP contribution in [0.4, 0.5) is 0 Å². The number of carboxylic acids is 1. The third kappa shape index (κ3) is 16.6. The molecule has 0 rings (SSSR count). The van der Waals surface area contributed by atoms with Crippen molar-refractivity contribution in [2.75, 3.05) is 108 Å². The minimum absolute atomic E-state index is 0.119. The number of carbonyl (C=O) groups excluding carboxylic acids is 8. The van der Waals surface area contributed by atoms with Gasteiger partial charge in [0.1, 0.15) is 6.54 Å². The largest absolute Gasteiger partial charge is 0.480 e. The van der Waals surface area contributed by atoms with Crippen molar-refractivity contribution >= 4 is 53.2 Å². The highest BCUT2D eigenvalue weighted by molar-refractivity contribution is 5.93. The maximum atomic E-state index is 12.5. The summed E-state index contributed by atoms with van der Waals surface area (Å²) < 4.78 is 0. The maximum absolute atomic E-state index is 12.5. The monoisotopic (exact) mass is 629 g/mol. The van der Waals surface area contributed by atoms with E-state index >= 15 is 0 Å². The number of likely N-dealkylation sites (N-methyl/N-ethyl adjacent to an activating group) is 6. The molecule has 248 valence electrons. The fourth-order valence-corrected chi connectivity index (χ4v) is 3.09. The van der Waals surface area contributed by atoms with E-state index in [2.05, 4.69) is 16.0 Å². The lowest BCUT2D eigenvalue weighted by Gasteiger charge is -2.23. The Hall–Kier alpha value is -4.81. The molecule has 8 amide bonds. The number of rotatable bonds is 18. The average Bonchev–Trinajstić information content (AvgIpc) is 2.92. The Kier molecular flexibility index (Phi) is 17.3. The zero-order valence-corrected chi connectivity index (χ0v) is 26.2. The molecule has 0 unspecified atom stereocenters. The molecule has 0 aliphatic heterocycles. The fraction of sp³-hybridized carbons (Fsp3) is 0.640. The van der Waals surface area contributed by atoms with Gasteiger partial charge in [-0.3, -0.25) is 43.2 Å².